The molecule has 2 unspecified atom stereocenters. The highest BCUT2D eigenvalue weighted by Gasteiger charge is 2.30. The number of esters is 1. The van der Waals surface area contributed by atoms with E-state index in [9.17, 15) is 4.79 Å². The molecule has 0 aromatic heterocycles. The number of hydrogen-bond acceptors (Lipinski definition) is 2. The van der Waals surface area contributed by atoms with Crippen LogP contribution in [0.4, 0.5) is 0 Å². The maximum absolute atomic E-state index is 12.4. The number of hydrogen-bond donors (Lipinski definition) is 0. The van der Waals surface area contributed by atoms with Gasteiger partial charge in [0, 0.05) is 0 Å². The first-order valence-corrected chi connectivity index (χ1v) is 11.0. The Morgan fingerprint density at radius 3 is 2.19 bits per heavy atom. The number of carbonyl (C=O) groups is 1. The van der Waals surface area contributed by atoms with Crippen molar-refractivity contribution in [1.82, 2.24) is 0 Å². The summed E-state index contributed by atoms with van der Waals surface area (Å²) >= 11 is 0. The van der Waals surface area contributed by atoms with Crippen LogP contribution in [0.3, 0.4) is 0 Å². The molecule has 1 saturated heterocycles. The van der Waals surface area contributed by atoms with Crippen molar-refractivity contribution in [2.24, 2.45) is 5.92 Å². The molecule has 0 amide bonds. The zero-order valence-electron chi connectivity index (χ0n) is 17.0. The van der Waals surface area contributed by atoms with Crippen LogP contribution >= 0.6 is 0 Å². The summed E-state index contributed by atoms with van der Waals surface area (Å²) in [6.07, 6.45) is 15.6. The van der Waals surface area contributed by atoms with Crippen LogP contribution in [-0.2, 0) is 16.0 Å². The Balaban J connectivity index is 1.71. The Labute approximate surface area is 160 Å². The monoisotopic (exact) mass is 358 g/mol. The fourth-order valence-electron chi connectivity index (χ4n) is 3.91. The van der Waals surface area contributed by atoms with Crippen LogP contribution in [0, 0.1) is 5.92 Å². The molecule has 0 radical (unpaired) electrons. The van der Waals surface area contributed by atoms with E-state index in [1.54, 1.807) is 0 Å². The fourth-order valence-corrected chi connectivity index (χ4v) is 3.91. The van der Waals surface area contributed by atoms with Crippen molar-refractivity contribution in [3.63, 3.8) is 0 Å². The van der Waals surface area contributed by atoms with Crippen LogP contribution in [0.25, 0.3) is 0 Å². The van der Waals surface area contributed by atoms with E-state index in [-0.39, 0.29) is 18.0 Å². The second-order valence-electron chi connectivity index (χ2n) is 7.95. The van der Waals surface area contributed by atoms with Crippen LogP contribution in [0.5, 0.6) is 0 Å². The average Bonchev–Trinajstić information content (AvgIpc) is 2.66. The standard InChI is InChI=1S/C24H38O2/c1-3-5-7-8-9-11-13-22-18-19-23(26-24(22)25)21-16-14-20(15-17-21)12-10-6-4-2/h14-17,22-23H,3-13,18-19H2,1-2H3. The molecule has 1 heterocycles. The highest BCUT2D eigenvalue weighted by molar-refractivity contribution is 5.73. The van der Waals surface area contributed by atoms with E-state index in [1.807, 2.05) is 0 Å². The number of unbranched alkanes of at least 4 members (excludes halogenated alkanes) is 7. The smallest absolute Gasteiger partial charge is 0.309 e. The van der Waals surface area contributed by atoms with Crippen LogP contribution in [0.15, 0.2) is 24.3 Å². The van der Waals surface area contributed by atoms with Gasteiger partial charge >= 0.3 is 5.97 Å². The molecule has 26 heavy (non-hydrogen) atoms. The molecule has 2 nitrogen and oxygen atoms in total. The molecule has 0 spiro atoms. The Morgan fingerprint density at radius 1 is 0.846 bits per heavy atom. The summed E-state index contributed by atoms with van der Waals surface area (Å²) in [7, 11) is 0. The molecule has 146 valence electrons. The van der Waals surface area contributed by atoms with Crippen molar-refractivity contribution in [3.05, 3.63) is 35.4 Å². The van der Waals surface area contributed by atoms with E-state index in [0.717, 1.165) is 31.2 Å². The molecular weight excluding hydrogens is 320 g/mol. The number of benzene rings is 1. The summed E-state index contributed by atoms with van der Waals surface area (Å²) in [5, 5.41) is 0. The van der Waals surface area contributed by atoms with Crippen molar-refractivity contribution in [1.29, 1.82) is 0 Å². The van der Waals surface area contributed by atoms with Gasteiger partial charge in [-0.25, -0.2) is 0 Å². The van der Waals surface area contributed by atoms with Gasteiger partial charge in [0.25, 0.3) is 0 Å². The number of rotatable bonds is 12. The van der Waals surface area contributed by atoms with Gasteiger partial charge in [0.1, 0.15) is 6.10 Å². The molecule has 2 atom stereocenters. The third-order valence-corrected chi connectivity index (χ3v) is 5.70. The zero-order valence-corrected chi connectivity index (χ0v) is 17.0. The van der Waals surface area contributed by atoms with Gasteiger partial charge < -0.3 is 4.74 Å². The lowest BCUT2D eigenvalue weighted by Gasteiger charge is -2.28. The Morgan fingerprint density at radius 2 is 1.50 bits per heavy atom. The molecular formula is C24H38O2. The van der Waals surface area contributed by atoms with E-state index in [2.05, 4.69) is 38.1 Å². The maximum Gasteiger partial charge on any atom is 0.309 e. The highest BCUT2D eigenvalue weighted by Crippen LogP contribution is 2.33. The second-order valence-corrected chi connectivity index (χ2v) is 7.95. The Bertz CT molecular complexity index is 505. The number of carbonyl (C=O) groups excluding carboxylic acids is 1. The third kappa shape index (κ3) is 7.13. The lowest BCUT2D eigenvalue weighted by atomic mass is 9.90. The van der Waals surface area contributed by atoms with Gasteiger partial charge in [-0.1, -0.05) is 89.5 Å². The summed E-state index contributed by atoms with van der Waals surface area (Å²) in [6, 6.07) is 8.74. The minimum Gasteiger partial charge on any atom is -0.457 e. The quantitative estimate of drug-likeness (QED) is 0.292. The number of aryl methyl sites for hydroxylation is 1. The molecule has 0 N–H and O–H groups in total. The van der Waals surface area contributed by atoms with Gasteiger partial charge in [-0.3, -0.25) is 4.79 Å². The van der Waals surface area contributed by atoms with Gasteiger partial charge in [-0.05, 0) is 43.2 Å². The van der Waals surface area contributed by atoms with E-state index in [4.69, 9.17) is 4.74 Å². The van der Waals surface area contributed by atoms with E-state index in [1.165, 1.54) is 63.4 Å². The maximum atomic E-state index is 12.4. The second kappa shape index (κ2) is 12.1. The van der Waals surface area contributed by atoms with Crippen molar-refractivity contribution in [2.45, 2.75) is 103 Å². The van der Waals surface area contributed by atoms with Crippen LogP contribution < -0.4 is 0 Å². The fraction of sp³-hybridized carbons (Fsp3) is 0.708. The van der Waals surface area contributed by atoms with E-state index in [0.29, 0.717) is 0 Å². The minimum absolute atomic E-state index is 0.0295. The Hall–Kier alpha value is -1.31. The molecule has 0 saturated carbocycles. The largest absolute Gasteiger partial charge is 0.457 e. The van der Waals surface area contributed by atoms with Crippen LogP contribution in [0.2, 0.25) is 0 Å². The summed E-state index contributed by atoms with van der Waals surface area (Å²) in [5.74, 6) is 0.160. The molecule has 1 fully saturated rings. The SMILES string of the molecule is CCCCCCCCC1CCC(c2ccc(CCCCC)cc2)OC1=O. The lowest BCUT2D eigenvalue weighted by Crippen LogP contribution is -2.26. The molecule has 1 aromatic carbocycles. The predicted octanol–water partition coefficient (Wildman–Crippen LogP) is 7.16. The van der Waals surface area contributed by atoms with Gasteiger partial charge in [-0.2, -0.15) is 0 Å². The first-order chi connectivity index (χ1) is 12.7. The number of cyclic esters (lactones) is 1. The van der Waals surface area contributed by atoms with Crippen molar-refractivity contribution in [3.8, 4) is 0 Å². The first kappa shape index (κ1) is 21.0. The van der Waals surface area contributed by atoms with Crippen LogP contribution in [0.1, 0.15) is 108 Å². The molecule has 0 aliphatic carbocycles. The third-order valence-electron chi connectivity index (χ3n) is 5.70. The molecule has 0 bridgehead atoms. The normalized spacial score (nSPS) is 20.2. The topological polar surface area (TPSA) is 26.3 Å². The highest BCUT2D eigenvalue weighted by atomic mass is 16.5. The summed E-state index contributed by atoms with van der Waals surface area (Å²) < 4.78 is 5.78. The predicted molar refractivity (Wildman–Crippen MR) is 109 cm³/mol. The van der Waals surface area contributed by atoms with Gasteiger partial charge in [0.2, 0.25) is 0 Å². The number of ether oxygens (including phenoxy) is 1. The van der Waals surface area contributed by atoms with Crippen molar-refractivity contribution < 1.29 is 9.53 Å². The molecule has 1 aliphatic rings. The molecule has 2 rings (SSSR count). The average molecular weight is 359 g/mol. The molecule has 2 heteroatoms. The van der Waals surface area contributed by atoms with Crippen molar-refractivity contribution >= 4 is 5.97 Å². The zero-order chi connectivity index (χ0) is 18.6. The lowest BCUT2D eigenvalue weighted by molar-refractivity contribution is -0.161. The molecule has 1 aliphatic heterocycles. The van der Waals surface area contributed by atoms with Crippen molar-refractivity contribution in [2.75, 3.05) is 0 Å². The molecule has 1 aromatic rings. The first-order valence-electron chi connectivity index (χ1n) is 11.0. The minimum atomic E-state index is -0.0343. The van der Waals surface area contributed by atoms with E-state index < -0.39 is 0 Å². The summed E-state index contributed by atoms with van der Waals surface area (Å²) in [5.41, 5.74) is 2.56. The van der Waals surface area contributed by atoms with E-state index >= 15 is 0 Å². The summed E-state index contributed by atoms with van der Waals surface area (Å²) in [4.78, 5) is 12.4. The van der Waals surface area contributed by atoms with Gasteiger partial charge in [0.05, 0.1) is 5.92 Å². The van der Waals surface area contributed by atoms with Gasteiger partial charge in [0.15, 0.2) is 0 Å². The summed E-state index contributed by atoms with van der Waals surface area (Å²) in [6.45, 7) is 4.48. The van der Waals surface area contributed by atoms with Gasteiger partial charge in [-0.15, -0.1) is 0 Å². The Kier molecular flexibility index (Phi) is 9.81. The van der Waals surface area contributed by atoms with Crippen LogP contribution in [-0.4, -0.2) is 5.97 Å².